The van der Waals surface area contributed by atoms with Crippen molar-refractivity contribution in [2.75, 3.05) is 7.11 Å². The molecule has 0 aromatic heterocycles. The summed E-state index contributed by atoms with van der Waals surface area (Å²) in [5, 5.41) is 15.4. The van der Waals surface area contributed by atoms with Crippen molar-refractivity contribution in [3.8, 4) is 0 Å². The Morgan fingerprint density at radius 1 is 0.643 bits per heavy atom. The molecule has 0 radical (unpaired) electrons. The second-order valence-electron chi connectivity index (χ2n) is 16.1. The van der Waals surface area contributed by atoms with Gasteiger partial charge in [-0.25, -0.2) is 14.4 Å². The lowest BCUT2D eigenvalue weighted by Gasteiger charge is -2.34. The Morgan fingerprint density at radius 3 is 1.66 bits per heavy atom. The highest BCUT2D eigenvalue weighted by Crippen LogP contribution is 2.15. The van der Waals surface area contributed by atoms with Gasteiger partial charge in [-0.2, -0.15) is 0 Å². The normalized spacial score (nSPS) is 15.0. The number of hydrogen-bond donors (Lipinski definition) is 6. The first-order chi connectivity index (χ1) is 25.7. The summed E-state index contributed by atoms with van der Waals surface area (Å²) in [5.74, 6) is -6.21. The fourth-order valence-corrected chi connectivity index (χ4v) is 5.04. The maximum absolute atomic E-state index is 13.9. The first-order valence-electron chi connectivity index (χ1n) is 18.6. The summed E-state index contributed by atoms with van der Waals surface area (Å²) in [7, 11) is 1.19. The minimum Gasteiger partial charge on any atom is -0.467 e. The van der Waals surface area contributed by atoms with Crippen molar-refractivity contribution in [2.24, 2.45) is 11.8 Å². The fourth-order valence-electron chi connectivity index (χ4n) is 5.04. The highest BCUT2D eigenvalue weighted by atomic mass is 16.6. The summed E-state index contributed by atoms with van der Waals surface area (Å²) in [6, 6.07) is 2.91. The number of benzene rings is 1. The second-order valence-corrected chi connectivity index (χ2v) is 16.1. The van der Waals surface area contributed by atoms with Gasteiger partial charge in [-0.3, -0.25) is 24.0 Å². The first kappa shape index (κ1) is 48.8. The van der Waals surface area contributed by atoms with E-state index in [4.69, 9.17) is 14.2 Å². The summed E-state index contributed by atoms with van der Waals surface area (Å²) in [5.41, 5.74) is -3.78. The molecule has 6 atom stereocenters. The van der Waals surface area contributed by atoms with Gasteiger partial charge in [-0.05, 0) is 86.3 Å². The number of alkyl carbamates (subject to hydrolysis) is 1. The number of hydrogen-bond acceptors (Lipinski definition) is 11. The largest absolute Gasteiger partial charge is 0.467 e. The predicted octanol–water partition coefficient (Wildman–Crippen LogP) is 2.26. The number of esters is 2. The third kappa shape index (κ3) is 15.1. The molecular formula is C39H62N6O11. The molecule has 0 fully saturated rings. The lowest BCUT2D eigenvalue weighted by Crippen LogP contribution is -2.65. The van der Waals surface area contributed by atoms with Crippen LogP contribution < -0.4 is 31.9 Å². The molecule has 1 aromatic carbocycles. The zero-order chi connectivity index (χ0) is 43.3. The molecule has 6 amide bonds. The summed E-state index contributed by atoms with van der Waals surface area (Å²) in [4.78, 5) is 105. The van der Waals surface area contributed by atoms with Gasteiger partial charge in [0.25, 0.3) is 0 Å². The van der Waals surface area contributed by atoms with E-state index >= 15 is 0 Å². The SMILES string of the molecule is CC[C@H](C)[C@H](NC(=O)C(C)(C)NC(=O)[C@@H](NC(=O)[C@H](C)NC(=O)OC(C)(C)C)[C@@H](C)OC(=O)c1ccccc1)C(=O)N[C@H](C(=O)NC(C)(C)C(=O)OC)C(C)C. The predicted molar refractivity (Wildman–Crippen MR) is 207 cm³/mol. The van der Waals surface area contributed by atoms with Crippen molar-refractivity contribution in [1.29, 1.82) is 0 Å². The quantitative estimate of drug-likeness (QED) is 0.0932. The van der Waals surface area contributed by atoms with Gasteiger partial charge in [0.05, 0.1) is 12.7 Å². The van der Waals surface area contributed by atoms with Crippen molar-refractivity contribution >= 4 is 47.6 Å². The highest BCUT2D eigenvalue weighted by molar-refractivity contribution is 5.99. The van der Waals surface area contributed by atoms with Crippen LogP contribution in [0, 0.1) is 11.8 Å². The van der Waals surface area contributed by atoms with E-state index in [2.05, 4.69) is 31.9 Å². The van der Waals surface area contributed by atoms with Gasteiger partial charge in [0.1, 0.15) is 47.0 Å². The molecule has 17 heteroatoms. The van der Waals surface area contributed by atoms with Gasteiger partial charge >= 0.3 is 18.0 Å². The van der Waals surface area contributed by atoms with Crippen LogP contribution in [0.15, 0.2) is 30.3 Å². The lowest BCUT2D eigenvalue weighted by atomic mass is 9.94. The van der Waals surface area contributed by atoms with Crippen molar-refractivity contribution in [2.45, 2.75) is 143 Å². The van der Waals surface area contributed by atoms with Crippen molar-refractivity contribution in [3.63, 3.8) is 0 Å². The molecule has 1 aromatic rings. The zero-order valence-electron chi connectivity index (χ0n) is 35.1. The molecule has 0 heterocycles. The molecule has 6 N–H and O–H groups in total. The maximum Gasteiger partial charge on any atom is 0.408 e. The van der Waals surface area contributed by atoms with Gasteiger partial charge in [0.2, 0.25) is 29.5 Å². The Morgan fingerprint density at radius 2 is 1.16 bits per heavy atom. The monoisotopic (exact) mass is 790 g/mol. The Balaban J connectivity index is 3.33. The van der Waals surface area contributed by atoms with Gasteiger partial charge < -0.3 is 46.1 Å². The minimum absolute atomic E-state index is 0.184. The van der Waals surface area contributed by atoms with Gasteiger partial charge in [0, 0.05) is 0 Å². The summed E-state index contributed by atoms with van der Waals surface area (Å²) < 4.78 is 15.5. The number of carbonyl (C=O) groups is 8. The van der Waals surface area contributed by atoms with Crippen LogP contribution in [0.4, 0.5) is 4.79 Å². The van der Waals surface area contributed by atoms with E-state index in [-0.39, 0.29) is 5.56 Å². The number of rotatable bonds is 18. The number of nitrogens with one attached hydrogen (secondary N) is 6. The molecule has 0 unspecified atom stereocenters. The van der Waals surface area contributed by atoms with Gasteiger partial charge in [-0.1, -0.05) is 52.3 Å². The topological polar surface area (TPSA) is 236 Å². The molecule has 0 spiro atoms. The average Bonchev–Trinajstić information content (AvgIpc) is 3.09. The Hall–Kier alpha value is -5.22. The molecule has 0 saturated carbocycles. The molecule has 56 heavy (non-hydrogen) atoms. The van der Waals surface area contributed by atoms with Crippen LogP contribution in [-0.4, -0.2) is 102 Å². The van der Waals surface area contributed by atoms with Gasteiger partial charge in [-0.15, -0.1) is 0 Å². The molecule has 0 saturated heterocycles. The molecule has 0 aliphatic heterocycles. The van der Waals surface area contributed by atoms with Gasteiger partial charge in [0.15, 0.2) is 0 Å². The van der Waals surface area contributed by atoms with E-state index < -0.39 is 106 Å². The molecular weight excluding hydrogens is 728 g/mol. The lowest BCUT2D eigenvalue weighted by molar-refractivity contribution is -0.150. The van der Waals surface area contributed by atoms with Crippen molar-refractivity contribution in [1.82, 2.24) is 31.9 Å². The van der Waals surface area contributed by atoms with Crippen LogP contribution in [0.3, 0.4) is 0 Å². The number of amides is 6. The molecule has 17 nitrogen and oxygen atoms in total. The van der Waals surface area contributed by atoms with Crippen LogP contribution in [0.25, 0.3) is 0 Å². The Bertz CT molecular complexity index is 1570. The summed E-state index contributed by atoms with van der Waals surface area (Å²) in [6.07, 6.45) is -1.73. The molecule has 0 aliphatic carbocycles. The molecule has 0 bridgehead atoms. The van der Waals surface area contributed by atoms with Crippen LogP contribution in [-0.2, 0) is 43.0 Å². The van der Waals surface area contributed by atoms with Crippen LogP contribution in [0.2, 0.25) is 0 Å². The van der Waals surface area contributed by atoms with E-state index in [9.17, 15) is 38.4 Å². The average molecular weight is 791 g/mol. The zero-order valence-corrected chi connectivity index (χ0v) is 35.1. The smallest absolute Gasteiger partial charge is 0.408 e. The van der Waals surface area contributed by atoms with E-state index in [0.29, 0.717) is 6.42 Å². The molecule has 1 rings (SSSR count). The number of ether oxygens (including phenoxy) is 3. The second kappa shape index (κ2) is 20.6. The Labute approximate surface area is 329 Å². The molecule has 0 aliphatic rings. The number of carbonyl (C=O) groups excluding carboxylic acids is 8. The van der Waals surface area contributed by atoms with E-state index in [1.165, 1.54) is 60.8 Å². The minimum atomic E-state index is -1.73. The van der Waals surface area contributed by atoms with Crippen molar-refractivity contribution in [3.05, 3.63) is 35.9 Å². The third-order valence-corrected chi connectivity index (χ3v) is 8.64. The van der Waals surface area contributed by atoms with Crippen molar-refractivity contribution < 1.29 is 52.6 Å². The first-order valence-corrected chi connectivity index (χ1v) is 18.6. The van der Waals surface area contributed by atoms with E-state index in [1.54, 1.807) is 66.7 Å². The fraction of sp³-hybridized carbons (Fsp3) is 0.641. The van der Waals surface area contributed by atoms with Crippen LogP contribution in [0.1, 0.15) is 107 Å². The van der Waals surface area contributed by atoms with Crippen LogP contribution >= 0.6 is 0 Å². The maximum atomic E-state index is 13.9. The standard InChI is InChI=1S/C39H62N6O11/c1-15-22(4)27(30(47)41-26(21(2)3)31(48)45-39(12,13)35(52)54-14)43-34(51)38(10,11)44-32(49)28(24(6)55-33(50)25-19-17-16-18-20-25)42-29(46)23(5)40-36(53)56-37(7,8)9/h16-24,26-28H,15H2,1-14H3,(H,40,53)(H,41,47)(H,42,46)(H,43,51)(H,44,49)(H,45,48)/t22-,23-,24+,26-,27-,28-/m0/s1. The summed E-state index contributed by atoms with van der Waals surface area (Å²) in [6.45, 7) is 20.3. The highest BCUT2D eigenvalue weighted by Gasteiger charge is 2.41. The van der Waals surface area contributed by atoms with E-state index in [0.717, 1.165) is 0 Å². The summed E-state index contributed by atoms with van der Waals surface area (Å²) >= 11 is 0. The van der Waals surface area contributed by atoms with Crippen LogP contribution in [0.5, 0.6) is 0 Å². The third-order valence-electron chi connectivity index (χ3n) is 8.64. The number of methoxy groups -OCH3 is 1. The molecule has 314 valence electrons. The van der Waals surface area contributed by atoms with E-state index in [1.807, 2.05) is 0 Å². The Kier molecular flexibility index (Phi) is 18.0.